The highest BCUT2D eigenvalue weighted by molar-refractivity contribution is 5.84. The van der Waals surface area contributed by atoms with Crippen LogP contribution in [-0.4, -0.2) is 40.8 Å². The van der Waals surface area contributed by atoms with Crippen LogP contribution >= 0.6 is 0 Å². The van der Waals surface area contributed by atoms with Gasteiger partial charge in [-0.1, -0.05) is 30.3 Å². The van der Waals surface area contributed by atoms with Gasteiger partial charge >= 0.3 is 17.9 Å². The third-order valence-corrected chi connectivity index (χ3v) is 2.91. The van der Waals surface area contributed by atoms with Gasteiger partial charge in [-0.05, 0) is 33.3 Å². The smallest absolute Gasteiger partial charge is 0.347 e. The number of benzene rings is 1. The van der Waals surface area contributed by atoms with Crippen LogP contribution in [0.3, 0.4) is 0 Å². The summed E-state index contributed by atoms with van der Waals surface area (Å²) < 4.78 is 14.8. The Hall–Kier alpha value is -2.41. The van der Waals surface area contributed by atoms with Gasteiger partial charge in [-0.3, -0.25) is 4.79 Å². The lowest BCUT2D eigenvalue weighted by Crippen LogP contribution is -2.36. The molecule has 138 valence electrons. The lowest BCUT2D eigenvalue weighted by Gasteiger charge is -2.22. The lowest BCUT2D eigenvalue weighted by atomic mass is 10.2. The lowest BCUT2D eigenvalue weighted by molar-refractivity contribution is -0.179. The SMILES string of the molecule is CC(OC(=O)C(O)CC(=O)OCc1ccccc1)C(=O)OC(C)(C)C. The van der Waals surface area contributed by atoms with Crippen LogP contribution in [0, 0.1) is 0 Å². The summed E-state index contributed by atoms with van der Waals surface area (Å²) in [5.41, 5.74) is 0.0592. The van der Waals surface area contributed by atoms with Gasteiger partial charge in [0.15, 0.2) is 12.2 Å². The predicted molar refractivity (Wildman–Crippen MR) is 88.3 cm³/mol. The summed E-state index contributed by atoms with van der Waals surface area (Å²) in [5.74, 6) is -2.58. The van der Waals surface area contributed by atoms with E-state index >= 15 is 0 Å². The van der Waals surface area contributed by atoms with E-state index in [4.69, 9.17) is 14.2 Å². The second-order valence-corrected chi connectivity index (χ2v) is 6.48. The minimum atomic E-state index is -1.71. The first-order valence-corrected chi connectivity index (χ1v) is 7.89. The predicted octanol–water partition coefficient (Wildman–Crippen LogP) is 1.75. The number of rotatable bonds is 7. The molecule has 0 saturated carbocycles. The Morgan fingerprint density at radius 2 is 1.68 bits per heavy atom. The first-order chi connectivity index (χ1) is 11.6. The van der Waals surface area contributed by atoms with E-state index in [1.165, 1.54) is 6.92 Å². The van der Waals surface area contributed by atoms with Gasteiger partial charge in [-0.2, -0.15) is 0 Å². The van der Waals surface area contributed by atoms with Crippen LogP contribution in [0.4, 0.5) is 0 Å². The molecule has 0 aliphatic carbocycles. The van der Waals surface area contributed by atoms with E-state index in [-0.39, 0.29) is 6.61 Å². The van der Waals surface area contributed by atoms with Gasteiger partial charge < -0.3 is 19.3 Å². The van der Waals surface area contributed by atoms with Gasteiger partial charge in [-0.15, -0.1) is 0 Å². The first-order valence-electron chi connectivity index (χ1n) is 7.89. The minimum absolute atomic E-state index is 0.0375. The zero-order chi connectivity index (χ0) is 19.0. The maximum absolute atomic E-state index is 11.7. The van der Waals surface area contributed by atoms with Gasteiger partial charge in [0.25, 0.3) is 0 Å². The Morgan fingerprint density at radius 3 is 2.24 bits per heavy atom. The van der Waals surface area contributed by atoms with E-state index in [1.807, 2.05) is 6.07 Å². The van der Waals surface area contributed by atoms with Crippen molar-refractivity contribution in [2.45, 2.75) is 58.5 Å². The zero-order valence-electron chi connectivity index (χ0n) is 14.9. The van der Waals surface area contributed by atoms with Crippen LogP contribution in [0.25, 0.3) is 0 Å². The third kappa shape index (κ3) is 8.30. The number of hydrogen-bond acceptors (Lipinski definition) is 7. The van der Waals surface area contributed by atoms with Crippen LogP contribution in [0.2, 0.25) is 0 Å². The van der Waals surface area contributed by atoms with Crippen LogP contribution in [-0.2, 0) is 35.2 Å². The Bertz CT molecular complexity index is 589. The molecule has 1 aromatic carbocycles. The molecule has 2 unspecified atom stereocenters. The van der Waals surface area contributed by atoms with Crippen molar-refractivity contribution in [3.63, 3.8) is 0 Å². The molecule has 0 bridgehead atoms. The molecule has 0 heterocycles. The summed E-state index contributed by atoms with van der Waals surface area (Å²) in [7, 11) is 0. The number of carbonyl (C=O) groups is 3. The molecule has 1 rings (SSSR count). The van der Waals surface area contributed by atoms with Crippen LogP contribution in [0.5, 0.6) is 0 Å². The van der Waals surface area contributed by atoms with E-state index in [0.29, 0.717) is 0 Å². The Balaban J connectivity index is 2.40. The second kappa shape index (κ2) is 9.17. The van der Waals surface area contributed by atoms with Crippen molar-refractivity contribution in [3.05, 3.63) is 35.9 Å². The van der Waals surface area contributed by atoms with Gasteiger partial charge in [0.1, 0.15) is 12.2 Å². The second-order valence-electron chi connectivity index (χ2n) is 6.48. The molecule has 0 spiro atoms. The maximum Gasteiger partial charge on any atom is 0.347 e. The van der Waals surface area contributed by atoms with Crippen molar-refractivity contribution in [1.82, 2.24) is 0 Å². The summed E-state index contributed by atoms with van der Waals surface area (Å²) in [5, 5.41) is 9.72. The maximum atomic E-state index is 11.7. The standard InChI is InChI=1S/C18H24O7/c1-12(16(21)25-18(2,3)4)24-17(22)14(19)10-15(20)23-11-13-8-6-5-7-9-13/h5-9,12,14,19H,10-11H2,1-4H3. The first kappa shape index (κ1) is 20.6. The quantitative estimate of drug-likeness (QED) is 0.589. The summed E-state index contributed by atoms with van der Waals surface area (Å²) >= 11 is 0. The van der Waals surface area contributed by atoms with Crippen LogP contribution < -0.4 is 0 Å². The van der Waals surface area contributed by atoms with Gasteiger partial charge in [0.2, 0.25) is 0 Å². The van der Waals surface area contributed by atoms with Gasteiger partial charge in [0.05, 0.1) is 6.42 Å². The topological polar surface area (TPSA) is 99.1 Å². The molecule has 0 radical (unpaired) electrons. The third-order valence-electron chi connectivity index (χ3n) is 2.91. The van der Waals surface area contributed by atoms with Crippen molar-refractivity contribution in [2.24, 2.45) is 0 Å². The number of esters is 3. The van der Waals surface area contributed by atoms with Crippen molar-refractivity contribution < 1.29 is 33.7 Å². The molecule has 25 heavy (non-hydrogen) atoms. The molecule has 7 nitrogen and oxygen atoms in total. The number of carbonyl (C=O) groups excluding carboxylic acids is 3. The van der Waals surface area contributed by atoms with Crippen LogP contribution in [0.1, 0.15) is 39.7 Å². The molecule has 1 N–H and O–H groups in total. The van der Waals surface area contributed by atoms with E-state index in [0.717, 1.165) is 5.56 Å². The Kier molecular flexibility index (Phi) is 7.57. The summed E-state index contributed by atoms with van der Waals surface area (Å²) in [6, 6.07) is 8.98. The number of aliphatic hydroxyl groups excluding tert-OH is 1. The molecule has 0 aliphatic heterocycles. The summed E-state index contributed by atoms with van der Waals surface area (Å²) in [6.45, 7) is 6.40. The molecule has 7 heteroatoms. The largest absolute Gasteiger partial charge is 0.461 e. The molecule has 0 aromatic heterocycles. The normalized spacial score (nSPS) is 13.5. The zero-order valence-corrected chi connectivity index (χ0v) is 14.9. The monoisotopic (exact) mass is 352 g/mol. The molecule has 1 aromatic rings. The highest BCUT2D eigenvalue weighted by Crippen LogP contribution is 2.11. The van der Waals surface area contributed by atoms with E-state index < -0.39 is 42.1 Å². The highest BCUT2D eigenvalue weighted by Gasteiger charge is 2.28. The molecule has 2 atom stereocenters. The average Bonchev–Trinajstić information content (AvgIpc) is 2.52. The van der Waals surface area contributed by atoms with E-state index in [1.54, 1.807) is 45.0 Å². The minimum Gasteiger partial charge on any atom is -0.461 e. The van der Waals surface area contributed by atoms with E-state index in [2.05, 4.69) is 0 Å². The molecule has 0 aliphatic rings. The Morgan fingerprint density at radius 1 is 1.08 bits per heavy atom. The summed E-state index contributed by atoms with van der Waals surface area (Å²) in [6.07, 6.45) is -3.47. The summed E-state index contributed by atoms with van der Waals surface area (Å²) in [4.78, 5) is 35.1. The number of ether oxygens (including phenoxy) is 3. The molecular formula is C18H24O7. The Labute approximate surface area is 146 Å². The highest BCUT2D eigenvalue weighted by atomic mass is 16.6. The number of aliphatic hydroxyl groups is 1. The number of hydrogen-bond donors (Lipinski definition) is 1. The van der Waals surface area contributed by atoms with Gasteiger partial charge in [-0.25, -0.2) is 9.59 Å². The van der Waals surface area contributed by atoms with Gasteiger partial charge in [0, 0.05) is 0 Å². The fourth-order valence-corrected chi connectivity index (χ4v) is 1.72. The van der Waals surface area contributed by atoms with Crippen molar-refractivity contribution in [2.75, 3.05) is 0 Å². The van der Waals surface area contributed by atoms with Crippen molar-refractivity contribution in [1.29, 1.82) is 0 Å². The molecule has 0 saturated heterocycles. The molecular weight excluding hydrogens is 328 g/mol. The van der Waals surface area contributed by atoms with Crippen LogP contribution in [0.15, 0.2) is 30.3 Å². The van der Waals surface area contributed by atoms with Crippen molar-refractivity contribution in [3.8, 4) is 0 Å². The molecule has 0 amide bonds. The molecule has 0 fully saturated rings. The fraction of sp³-hybridized carbons (Fsp3) is 0.500. The van der Waals surface area contributed by atoms with E-state index in [9.17, 15) is 19.5 Å². The van der Waals surface area contributed by atoms with Crippen molar-refractivity contribution >= 4 is 17.9 Å². The average molecular weight is 352 g/mol. The fourth-order valence-electron chi connectivity index (χ4n) is 1.72.